The number of benzene rings is 1. The van der Waals surface area contributed by atoms with E-state index in [1.54, 1.807) is 35.5 Å². The topological polar surface area (TPSA) is 66.9 Å². The molecule has 1 fully saturated rings. The fourth-order valence-corrected chi connectivity index (χ4v) is 4.35. The molecular weight excluding hydrogens is 385 g/mol. The molecule has 0 radical (unpaired) electrons. The SMILES string of the molecule is CC1=Nc2ccnn2C(c2ccoc2)C1C(=O)N1CCN(c2ccc(F)cc2)CC1. The summed E-state index contributed by atoms with van der Waals surface area (Å²) in [7, 11) is 0. The van der Waals surface area contributed by atoms with Crippen LogP contribution in [0.2, 0.25) is 0 Å². The van der Waals surface area contributed by atoms with Crippen LogP contribution >= 0.6 is 0 Å². The lowest BCUT2D eigenvalue weighted by Crippen LogP contribution is -2.53. The van der Waals surface area contributed by atoms with Crippen LogP contribution in [0.4, 0.5) is 15.9 Å². The number of aliphatic imine (C=N–C) groups is 1. The van der Waals surface area contributed by atoms with Crippen LogP contribution in [0.5, 0.6) is 0 Å². The van der Waals surface area contributed by atoms with Gasteiger partial charge in [0.05, 0.1) is 24.8 Å². The van der Waals surface area contributed by atoms with Crippen molar-refractivity contribution in [2.24, 2.45) is 10.9 Å². The van der Waals surface area contributed by atoms with Crippen molar-refractivity contribution in [3.63, 3.8) is 0 Å². The van der Waals surface area contributed by atoms with Crippen LogP contribution < -0.4 is 4.90 Å². The maximum absolute atomic E-state index is 13.6. The lowest BCUT2D eigenvalue weighted by Gasteiger charge is -2.39. The van der Waals surface area contributed by atoms with E-state index in [1.807, 2.05) is 24.0 Å². The highest BCUT2D eigenvalue weighted by Crippen LogP contribution is 2.37. The first-order valence-corrected chi connectivity index (χ1v) is 10.0. The van der Waals surface area contributed by atoms with Gasteiger partial charge in [-0.05, 0) is 37.3 Å². The molecule has 0 spiro atoms. The Morgan fingerprint density at radius 2 is 1.87 bits per heavy atom. The minimum absolute atomic E-state index is 0.0438. The lowest BCUT2D eigenvalue weighted by atomic mass is 9.88. The summed E-state index contributed by atoms with van der Waals surface area (Å²) in [5.74, 6) is 0.0986. The Morgan fingerprint density at radius 1 is 1.10 bits per heavy atom. The molecule has 1 aromatic carbocycles. The maximum atomic E-state index is 13.6. The molecule has 3 aromatic rings. The standard InChI is InChI=1S/C22H22FN5O2/c1-15-20(21(16-7-13-30-14-16)28-19(25-15)6-8-24-28)22(29)27-11-9-26(10-12-27)18-4-2-17(23)3-5-18/h2-8,13-14,20-21H,9-12H2,1H3. The molecule has 4 heterocycles. The van der Waals surface area contributed by atoms with Crippen LogP contribution in [0.25, 0.3) is 0 Å². The predicted octanol–water partition coefficient (Wildman–Crippen LogP) is 3.28. The van der Waals surface area contributed by atoms with Crippen molar-refractivity contribution < 1.29 is 13.6 Å². The zero-order valence-electron chi connectivity index (χ0n) is 16.6. The molecule has 7 nitrogen and oxygen atoms in total. The molecule has 30 heavy (non-hydrogen) atoms. The molecule has 2 aliphatic rings. The highest BCUT2D eigenvalue weighted by Gasteiger charge is 2.41. The number of hydrogen-bond donors (Lipinski definition) is 0. The van der Waals surface area contributed by atoms with Gasteiger partial charge in [-0.2, -0.15) is 5.10 Å². The molecule has 2 atom stereocenters. The predicted molar refractivity (Wildman–Crippen MR) is 111 cm³/mol. The molecule has 2 aliphatic heterocycles. The van der Waals surface area contributed by atoms with Crippen LogP contribution in [-0.2, 0) is 4.79 Å². The molecule has 0 saturated carbocycles. The van der Waals surface area contributed by atoms with E-state index in [0.717, 1.165) is 22.8 Å². The van der Waals surface area contributed by atoms with Gasteiger partial charge in [0.1, 0.15) is 11.7 Å². The minimum Gasteiger partial charge on any atom is -0.472 e. The summed E-state index contributed by atoms with van der Waals surface area (Å²) in [6, 6.07) is 9.92. The third kappa shape index (κ3) is 3.18. The van der Waals surface area contributed by atoms with E-state index in [1.165, 1.54) is 12.1 Å². The summed E-state index contributed by atoms with van der Waals surface area (Å²) in [6.45, 7) is 4.50. The minimum atomic E-state index is -0.438. The Morgan fingerprint density at radius 3 is 2.57 bits per heavy atom. The van der Waals surface area contributed by atoms with Gasteiger partial charge in [-0.3, -0.25) is 4.79 Å². The van der Waals surface area contributed by atoms with Crippen LogP contribution in [0.3, 0.4) is 0 Å². The number of carbonyl (C=O) groups is 1. The number of rotatable bonds is 3. The van der Waals surface area contributed by atoms with Gasteiger partial charge in [0, 0.05) is 49.2 Å². The van der Waals surface area contributed by atoms with E-state index in [4.69, 9.17) is 4.42 Å². The summed E-state index contributed by atoms with van der Waals surface area (Å²) >= 11 is 0. The van der Waals surface area contributed by atoms with E-state index in [2.05, 4.69) is 15.0 Å². The number of amides is 1. The largest absolute Gasteiger partial charge is 0.472 e. The number of hydrogen-bond acceptors (Lipinski definition) is 5. The average molecular weight is 407 g/mol. The second-order valence-corrected chi connectivity index (χ2v) is 7.66. The number of carbonyl (C=O) groups excluding carboxylic acids is 1. The summed E-state index contributed by atoms with van der Waals surface area (Å²) < 4.78 is 20.3. The molecule has 154 valence electrons. The summed E-state index contributed by atoms with van der Waals surface area (Å²) in [6.07, 6.45) is 4.98. The van der Waals surface area contributed by atoms with Crippen molar-refractivity contribution >= 4 is 23.1 Å². The van der Waals surface area contributed by atoms with Crippen LogP contribution in [0, 0.1) is 11.7 Å². The number of nitrogens with zero attached hydrogens (tertiary/aromatic N) is 5. The molecular formula is C22H22FN5O2. The van der Waals surface area contributed by atoms with Crippen molar-refractivity contribution in [1.29, 1.82) is 0 Å². The van der Waals surface area contributed by atoms with Gasteiger partial charge in [0.15, 0.2) is 5.82 Å². The Kier molecular flexibility index (Phi) is 4.61. The quantitative estimate of drug-likeness (QED) is 0.668. The van der Waals surface area contributed by atoms with E-state index in [9.17, 15) is 9.18 Å². The number of fused-ring (bicyclic) bond motifs is 1. The van der Waals surface area contributed by atoms with Crippen molar-refractivity contribution in [3.8, 4) is 0 Å². The number of anilines is 1. The zero-order chi connectivity index (χ0) is 20.7. The van der Waals surface area contributed by atoms with Crippen molar-refractivity contribution in [1.82, 2.24) is 14.7 Å². The third-order valence-corrected chi connectivity index (χ3v) is 5.90. The molecule has 0 N–H and O–H groups in total. The van der Waals surface area contributed by atoms with E-state index in [0.29, 0.717) is 26.2 Å². The number of furan rings is 1. The van der Waals surface area contributed by atoms with Gasteiger partial charge in [-0.25, -0.2) is 14.1 Å². The average Bonchev–Trinajstić information content (AvgIpc) is 3.45. The second-order valence-electron chi connectivity index (χ2n) is 7.66. The fourth-order valence-electron chi connectivity index (χ4n) is 4.35. The van der Waals surface area contributed by atoms with Gasteiger partial charge in [-0.1, -0.05) is 0 Å². The van der Waals surface area contributed by atoms with Crippen molar-refractivity contribution in [2.45, 2.75) is 13.0 Å². The number of piperazine rings is 1. The van der Waals surface area contributed by atoms with Gasteiger partial charge in [0.2, 0.25) is 5.91 Å². The molecule has 8 heteroatoms. The van der Waals surface area contributed by atoms with Gasteiger partial charge in [-0.15, -0.1) is 0 Å². The first kappa shape index (κ1) is 18.6. The first-order valence-electron chi connectivity index (χ1n) is 10.0. The highest BCUT2D eigenvalue weighted by atomic mass is 19.1. The maximum Gasteiger partial charge on any atom is 0.234 e. The first-order chi connectivity index (χ1) is 14.6. The van der Waals surface area contributed by atoms with Gasteiger partial charge in [0.25, 0.3) is 0 Å². The lowest BCUT2D eigenvalue weighted by molar-refractivity contribution is -0.134. The third-order valence-electron chi connectivity index (χ3n) is 5.90. The summed E-state index contributed by atoms with van der Waals surface area (Å²) in [4.78, 5) is 22.3. The molecule has 0 aliphatic carbocycles. The zero-order valence-corrected chi connectivity index (χ0v) is 16.6. The van der Waals surface area contributed by atoms with E-state index < -0.39 is 5.92 Å². The smallest absolute Gasteiger partial charge is 0.234 e. The van der Waals surface area contributed by atoms with E-state index >= 15 is 0 Å². The normalized spacial score (nSPS) is 21.3. The summed E-state index contributed by atoms with van der Waals surface area (Å²) in [5, 5.41) is 4.42. The molecule has 2 unspecified atom stereocenters. The molecule has 0 bridgehead atoms. The number of aromatic nitrogens is 2. The van der Waals surface area contributed by atoms with Crippen LogP contribution in [-0.4, -0.2) is 52.5 Å². The summed E-state index contributed by atoms with van der Waals surface area (Å²) in [5.41, 5.74) is 2.65. The van der Waals surface area contributed by atoms with Gasteiger partial charge < -0.3 is 14.2 Å². The fraction of sp³-hybridized carbons (Fsp3) is 0.318. The van der Waals surface area contributed by atoms with Gasteiger partial charge >= 0.3 is 0 Å². The molecule has 2 aromatic heterocycles. The molecule has 1 saturated heterocycles. The Hall–Kier alpha value is -3.42. The monoisotopic (exact) mass is 407 g/mol. The Labute approximate surface area is 173 Å². The van der Waals surface area contributed by atoms with Crippen molar-refractivity contribution in [3.05, 3.63) is 66.5 Å². The molecule has 1 amide bonds. The second kappa shape index (κ2) is 7.44. The Bertz CT molecular complexity index is 1070. The van der Waals surface area contributed by atoms with E-state index in [-0.39, 0.29) is 17.8 Å². The Balaban J connectivity index is 1.37. The highest BCUT2D eigenvalue weighted by molar-refractivity contribution is 6.05. The number of halogens is 1. The van der Waals surface area contributed by atoms with Crippen LogP contribution in [0.1, 0.15) is 18.5 Å². The van der Waals surface area contributed by atoms with Crippen molar-refractivity contribution in [2.75, 3.05) is 31.1 Å². The molecule has 5 rings (SSSR count). The van der Waals surface area contributed by atoms with Crippen LogP contribution in [0.15, 0.2) is 64.5 Å².